The van der Waals surface area contributed by atoms with Crippen molar-refractivity contribution in [2.45, 2.75) is 38.8 Å². The van der Waals surface area contributed by atoms with Gasteiger partial charge in [0.2, 0.25) is 0 Å². The van der Waals surface area contributed by atoms with Gasteiger partial charge in [0.25, 0.3) is 0 Å². The second kappa shape index (κ2) is 7.25. The predicted octanol–water partition coefficient (Wildman–Crippen LogP) is 3.69. The number of urea groups is 1. The molecule has 2 amide bonds. The zero-order valence-electron chi connectivity index (χ0n) is 14.5. The first kappa shape index (κ1) is 16.7. The summed E-state index contributed by atoms with van der Waals surface area (Å²) < 4.78 is 0. The highest BCUT2D eigenvalue weighted by Crippen LogP contribution is 2.29. The van der Waals surface area contributed by atoms with Crippen LogP contribution in [0.4, 0.5) is 10.5 Å². The third kappa shape index (κ3) is 3.75. The number of nitrogens with one attached hydrogen (secondary N) is 2. The van der Waals surface area contributed by atoms with Gasteiger partial charge in [0.15, 0.2) is 5.82 Å². The van der Waals surface area contributed by atoms with Crippen molar-refractivity contribution in [2.24, 2.45) is 0 Å². The topological polar surface area (TPSA) is 86.8 Å². The molecule has 0 saturated heterocycles. The van der Waals surface area contributed by atoms with Crippen molar-refractivity contribution < 1.29 is 4.79 Å². The predicted molar refractivity (Wildman–Crippen MR) is 101 cm³/mol. The number of thiazole rings is 1. The number of rotatable bonds is 6. The van der Waals surface area contributed by atoms with Crippen LogP contribution in [0, 0.1) is 0 Å². The minimum atomic E-state index is -0.0934. The second-order valence-corrected chi connectivity index (χ2v) is 7.23. The number of amides is 2. The van der Waals surface area contributed by atoms with Crippen LogP contribution < -0.4 is 5.32 Å². The van der Waals surface area contributed by atoms with Gasteiger partial charge in [-0.25, -0.2) is 14.8 Å². The van der Waals surface area contributed by atoms with Gasteiger partial charge in [0, 0.05) is 35.3 Å². The zero-order valence-corrected chi connectivity index (χ0v) is 15.3. The Bertz CT molecular complexity index is 887. The van der Waals surface area contributed by atoms with E-state index in [0.29, 0.717) is 18.4 Å². The number of carbonyl (C=O) groups excluding carboxylic acids is 1. The van der Waals surface area contributed by atoms with E-state index in [1.807, 2.05) is 41.5 Å². The molecule has 2 heterocycles. The van der Waals surface area contributed by atoms with E-state index >= 15 is 0 Å². The summed E-state index contributed by atoms with van der Waals surface area (Å²) in [5, 5.41) is 13.0. The molecule has 2 aromatic heterocycles. The highest BCUT2D eigenvalue weighted by molar-refractivity contribution is 7.09. The number of aromatic nitrogens is 4. The lowest BCUT2D eigenvalue weighted by atomic mass is 10.2. The highest BCUT2D eigenvalue weighted by Gasteiger charge is 2.33. The summed E-state index contributed by atoms with van der Waals surface area (Å²) in [6, 6.07) is 7.83. The molecular weight excluding hydrogens is 348 g/mol. The van der Waals surface area contributed by atoms with E-state index in [9.17, 15) is 4.79 Å². The number of nitrogens with zero attached hydrogens (tertiary/aromatic N) is 4. The van der Waals surface area contributed by atoms with Crippen LogP contribution in [0.15, 0.2) is 35.8 Å². The fourth-order valence-corrected chi connectivity index (χ4v) is 3.36. The minimum absolute atomic E-state index is 0.0934. The van der Waals surface area contributed by atoms with Crippen molar-refractivity contribution in [1.29, 1.82) is 0 Å². The Labute approximate surface area is 155 Å². The molecule has 0 atom stereocenters. The molecule has 134 valence electrons. The van der Waals surface area contributed by atoms with Gasteiger partial charge in [-0.3, -0.25) is 5.10 Å². The first-order chi connectivity index (χ1) is 12.7. The molecule has 0 aliphatic heterocycles. The molecule has 3 aromatic rings. The third-order valence-corrected chi connectivity index (χ3v) is 5.04. The van der Waals surface area contributed by atoms with Gasteiger partial charge in [-0.2, -0.15) is 5.10 Å². The third-order valence-electron chi connectivity index (χ3n) is 4.28. The van der Waals surface area contributed by atoms with Crippen LogP contribution in [-0.4, -0.2) is 37.1 Å². The maximum Gasteiger partial charge on any atom is 0.322 e. The fourth-order valence-electron chi connectivity index (χ4n) is 2.74. The van der Waals surface area contributed by atoms with E-state index in [1.54, 1.807) is 17.5 Å². The van der Waals surface area contributed by atoms with E-state index in [4.69, 9.17) is 0 Å². The molecular formula is C18H20N6OS. The van der Waals surface area contributed by atoms with Gasteiger partial charge in [-0.15, -0.1) is 11.3 Å². The van der Waals surface area contributed by atoms with E-state index in [-0.39, 0.29) is 6.03 Å². The van der Waals surface area contributed by atoms with Crippen molar-refractivity contribution in [3.63, 3.8) is 0 Å². The largest absolute Gasteiger partial charge is 0.322 e. The zero-order chi connectivity index (χ0) is 17.9. The van der Waals surface area contributed by atoms with Crippen molar-refractivity contribution in [1.82, 2.24) is 25.1 Å². The van der Waals surface area contributed by atoms with Crippen molar-refractivity contribution in [2.75, 3.05) is 5.32 Å². The quantitative estimate of drug-likeness (QED) is 0.695. The Balaban J connectivity index is 1.48. The minimum Gasteiger partial charge on any atom is -0.315 e. The van der Waals surface area contributed by atoms with Crippen molar-refractivity contribution in [3.8, 4) is 11.4 Å². The average Bonchev–Trinajstić information content (AvgIpc) is 3.16. The van der Waals surface area contributed by atoms with Crippen LogP contribution in [-0.2, 0) is 13.0 Å². The molecule has 1 aliphatic carbocycles. The molecule has 1 aliphatic rings. The lowest BCUT2D eigenvalue weighted by Gasteiger charge is -2.21. The van der Waals surface area contributed by atoms with Crippen LogP contribution in [0.1, 0.15) is 30.6 Å². The lowest BCUT2D eigenvalue weighted by Crippen LogP contribution is -2.36. The molecule has 4 rings (SSSR count). The maximum atomic E-state index is 12.8. The maximum absolute atomic E-state index is 12.8. The molecule has 0 spiro atoms. The Morgan fingerprint density at radius 3 is 3.00 bits per heavy atom. The number of aromatic amines is 1. The Kier molecular flexibility index (Phi) is 4.66. The Hall–Kier alpha value is -2.74. The SMILES string of the molecule is CCc1nc(-c2cccc(NC(=O)N(Cc3nccs3)C3CC3)c2)n[nH]1. The van der Waals surface area contributed by atoms with E-state index in [0.717, 1.165) is 41.3 Å². The molecule has 1 saturated carbocycles. The highest BCUT2D eigenvalue weighted by atomic mass is 32.1. The van der Waals surface area contributed by atoms with Crippen LogP contribution in [0.25, 0.3) is 11.4 Å². The van der Waals surface area contributed by atoms with Gasteiger partial charge in [0.05, 0.1) is 6.54 Å². The standard InChI is InChI=1S/C18H20N6OS/c1-2-15-21-17(23-22-15)12-4-3-5-13(10-12)20-18(25)24(14-6-7-14)11-16-19-8-9-26-16/h3-5,8-10,14H,2,6-7,11H2,1H3,(H,20,25)(H,21,22,23). The number of hydrogen-bond acceptors (Lipinski definition) is 5. The number of hydrogen-bond donors (Lipinski definition) is 2. The average molecular weight is 368 g/mol. The number of H-pyrrole nitrogens is 1. The van der Waals surface area contributed by atoms with Gasteiger partial charge < -0.3 is 10.2 Å². The summed E-state index contributed by atoms with van der Waals surface area (Å²) in [7, 11) is 0. The molecule has 0 unspecified atom stereocenters. The molecule has 0 radical (unpaired) electrons. The lowest BCUT2D eigenvalue weighted by molar-refractivity contribution is 0.206. The summed E-state index contributed by atoms with van der Waals surface area (Å²) in [5.74, 6) is 1.48. The van der Waals surface area contributed by atoms with Crippen LogP contribution in [0.5, 0.6) is 0 Å². The van der Waals surface area contributed by atoms with Crippen molar-refractivity contribution in [3.05, 3.63) is 46.7 Å². The normalized spacial score (nSPS) is 13.6. The van der Waals surface area contributed by atoms with Crippen molar-refractivity contribution >= 4 is 23.1 Å². The first-order valence-corrected chi connectivity index (χ1v) is 9.58. The van der Waals surface area contributed by atoms with Crippen LogP contribution >= 0.6 is 11.3 Å². The Morgan fingerprint density at radius 1 is 1.42 bits per heavy atom. The van der Waals surface area contributed by atoms with Crippen LogP contribution in [0.2, 0.25) is 0 Å². The van der Waals surface area contributed by atoms with Gasteiger partial charge >= 0.3 is 6.03 Å². The molecule has 8 heteroatoms. The fraction of sp³-hybridized carbons (Fsp3) is 0.333. The summed E-state index contributed by atoms with van der Waals surface area (Å²) in [4.78, 5) is 23.4. The number of benzene rings is 1. The smallest absolute Gasteiger partial charge is 0.315 e. The number of aryl methyl sites for hydroxylation is 1. The van der Waals surface area contributed by atoms with Gasteiger partial charge in [-0.05, 0) is 25.0 Å². The van der Waals surface area contributed by atoms with Gasteiger partial charge in [0.1, 0.15) is 10.8 Å². The molecule has 26 heavy (non-hydrogen) atoms. The summed E-state index contributed by atoms with van der Waals surface area (Å²) in [5.41, 5.74) is 1.61. The molecule has 7 nitrogen and oxygen atoms in total. The van der Waals surface area contributed by atoms with Gasteiger partial charge in [-0.1, -0.05) is 19.1 Å². The summed E-state index contributed by atoms with van der Waals surface area (Å²) in [6.07, 6.45) is 4.68. The Morgan fingerprint density at radius 2 is 2.31 bits per heavy atom. The second-order valence-electron chi connectivity index (χ2n) is 6.26. The number of carbonyl (C=O) groups is 1. The van der Waals surface area contributed by atoms with E-state index < -0.39 is 0 Å². The first-order valence-electron chi connectivity index (χ1n) is 8.70. The van der Waals surface area contributed by atoms with E-state index in [2.05, 4.69) is 25.5 Å². The monoisotopic (exact) mass is 368 g/mol. The molecule has 0 bridgehead atoms. The van der Waals surface area contributed by atoms with Crippen LogP contribution in [0.3, 0.4) is 0 Å². The summed E-state index contributed by atoms with van der Waals surface area (Å²) >= 11 is 1.57. The molecule has 1 aromatic carbocycles. The van der Waals surface area contributed by atoms with E-state index in [1.165, 1.54) is 0 Å². The number of anilines is 1. The molecule has 1 fully saturated rings. The molecule has 2 N–H and O–H groups in total. The summed E-state index contributed by atoms with van der Waals surface area (Å²) in [6.45, 7) is 2.57.